The van der Waals surface area contributed by atoms with Crippen molar-refractivity contribution in [1.29, 1.82) is 0 Å². The molecule has 1 aliphatic rings. The molecule has 3 rings (SSSR count). The molecular weight excluding hydrogens is 266 g/mol. The van der Waals surface area contributed by atoms with Crippen molar-refractivity contribution in [2.75, 3.05) is 31.2 Å². The molecule has 0 saturated carbocycles. The first-order valence-electron chi connectivity index (χ1n) is 6.23. The Morgan fingerprint density at radius 3 is 2.84 bits per heavy atom. The van der Waals surface area contributed by atoms with E-state index in [4.69, 9.17) is 9.15 Å². The number of aliphatic hydroxyl groups is 1. The van der Waals surface area contributed by atoms with Crippen molar-refractivity contribution >= 4 is 27.5 Å². The van der Waals surface area contributed by atoms with Crippen LogP contribution >= 0.6 is 11.3 Å². The number of rotatable bonds is 2. The Kier molecular flexibility index (Phi) is 3.30. The highest BCUT2D eigenvalue weighted by Gasteiger charge is 2.19. The summed E-state index contributed by atoms with van der Waals surface area (Å²) in [7, 11) is 0. The summed E-state index contributed by atoms with van der Waals surface area (Å²) in [5, 5.41) is 11.5. The average Bonchev–Trinajstić information content (AvgIpc) is 2.84. The van der Waals surface area contributed by atoms with Gasteiger partial charge >= 0.3 is 0 Å². The van der Waals surface area contributed by atoms with Crippen LogP contribution in [0.25, 0.3) is 10.3 Å². The van der Waals surface area contributed by atoms with Gasteiger partial charge < -0.3 is 19.2 Å². The molecule has 5 nitrogen and oxygen atoms in total. The molecule has 1 atom stereocenters. The molecule has 2 aromatic heterocycles. The van der Waals surface area contributed by atoms with E-state index in [0.29, 0.717) is 48.0 Å². The number of hydrogen-bond donors (Lipinski definition) is 1. The summed E-state index contributed by atoms with van der Waals surface area (Å²) in [5.74, 6) is 0.557. The molecule has 0 amide bonds. The number of fused-ring (bicyclic) bond motifs is 1. The molecule has 2 aromatic rings. The third kappa shape index (κ3) is 2.27. The number of anilines is 1. The third-order valence-electron chi connectivity index (χ3n) is 3.23. The SMILES string of the molecule is CC(O)c1csc2c(=O)cc(N3CCOCC3)oc12. The van der Waals surface area contributed by atoms with E-state index < -0.39 is 6.10 Å². The highest BCUT2D eigenvalue weighted by atomic mass is 32.1. The summed E-state index contributed by atoms with van der Waals surface area (Å²) in [6.07, 6.45) is -0.642. The maximum atomic E-state index is 12.1. The van der Waals surface area contributed by atoms with Crippen LogP contribution < -0.4 is 10.3 Å². The lowest BCUT2D eigenvalue weighted by atomic mass is 10.2. The summed E-state index contributed by atoms with van der Waals surface area (Å²) < 4.78 is 11.7. The molecule has 0 radical (unpaired) electrons. The Balaban J connectivity index is 2.11. The molecule has 0 aliphatic carbocycles. The zero-order valence-corrected chi connectivity index (χ0v) is 11.4. The highest BCUT2D eigenvalue weighted by Crippen LogP contribution is 2.31. The van der Waals surface area contributed by atoms with Crippen LogP contribution in [0.5, 0.6) is 0 Å². The van der Waals surface area contributed by atoms with E-state index in [1.807, 2.05) is 4.90 Å². The smallest absolute Gasteiger partial charge is 0.204 e. The normalized spacial score (nSPS) is 17.9. The monoisotopic (exact) mass is 281 g/mol. The molecule has 1 fully saturated rings. The van der Waals surface area contributed by atoms with Gasteiger partial charge in [0, 0.05) is 30.1 Å². The lowest BCUT2D eigenvalue weighted by Crippen LogP contribution is -2.36. The van der Waals surface area contributed by atoms with Crippen LogP contribution in [0.1, 0.15) is 18.6 Å². The van der Waals surface area contributed by atoms with Crippen LogP contribution in [-0.4, -0.2) is 31.4 Å². The Morgan fingerprint density at radius 2 is 2.16 bits per heavy atom. The fourth-order valence-electron chi connectivity index (χ4n) is 2.18. The number of thiophene rings is 1. The summed E-state index contributed by atoms with van der Waals surface area (Å²) >= 11 is 1.31. The zero-order chi connectivity index (χ0) is 13.4. The predicted molar refractivity (Wildman–Crippen MR) is 74.0 cm³/mol. The first-order valence-corrected chi connectivity index (χ1v) is 7.11. The average molecular weight is 281 g/mol. The Morgan fingerprint density at radius 1 is 1.42 bits per heavy atom. The quantitative estimate of drug-likeness (QED) is 0.908. The van der Waals surface area contributed by atoms with Crippen LogP contribution in [0, 0.1) is 0 Å². The van der Waals surface area contributed by atoms with Gasteiger partial charge in [-0.3, -0.25) is 4.79 Å². The van der Waals surface area contributed by atoms with E-state index in [9.17, 15) is 9.90 Å². The Labute approximate surface area is 114 Å². The van der Waals surface area contributed by atoms with E-state index in [0.717, 1.165) is 0 Å². The van der Waals surface area contributed by atoms with Crippen molar-refractivity contribution in [3.63, 3.8) is 0 Å². The fraction of sp³-hybridized carbons (Fsp3) is 0.462. The fourth-order valence-corrected chi connectivity index (χ4v) is 3.17. The van der Waals surface area contributed by atoms with Gasteiger partial charge in [-0.15, -0.1) is 11.3 Å². The minimum absolute atomic E-state index is 0.0559. The topological polar surface area (TPSA) is 62.9 Å². The molecule has 0 bridgehead atoms. The Bertz CT molecular complexity index is 640. The minimum atomic E-state index is -0.642. The number of hydrogen-bond acceptors (Lipinski definition) is 6. The molecule has 0 spiro atoms. The van der Waals surface area contributed by atoms with E-state index in [1.54, 1.807) is 12.3 Å². The first kappa shape index (κ1) is 12.7. The molecule has 1 aliphatic heterocycles. The van der Waals surface area contributed by atoms with E-state index in [1.165, 1.54) is 17.4 Å². The first-order chi connectivity index (χ1) is 9.16. The number of morpholine rings is 1. The Hall–Kier alpha value is -1.37. The van der Waals surface area contributed by atoms with Gasteiger partial charge in [0.2, 0.25) is 5.43 Å². The van der Waals surface area contributed by atoms with Crippen LogP contribution in [-0.2, 0) is 4.74 Å². The maximum Gasteiger partial charge on any atom is 0.204 e. The summed E-state index contributed by atoms with van der Waals surface area (Å²) in [4.78, 5) is 14.1. The van der Waals surface area contributed by atoms with Crippen molar-refractivity contribution in [2.24, 2.45) is 0 Å². The second-order valence-corrected chi connectivity index (χ2v) is 5.45. The van der Waals surface area contributed by atoms with Gasteiger partial charge in [-0.25, -0.2) is 0 Å². The minimum Gasteiger partial charge on any atom is -0.439 e. The van der Waals surface area contributed by atoms with Crippen LogP contribution in [0.15, 0.2) is 20.7 Å². The molecule has 19 heavy (non-hydrogen) atoms. The van der Waals surface area contributed by atoms with Crippen molar-refractivity contribution in [3.8, 4) is 0 Å². The molecule has 102 valence electrons. The van der Waals surface area contributed by atoms with Gasteiger partial charge in [0.1, 0.15) is 4.70 Å². The van der Waals surface area contributed by atoms with Gasteiger partial charge in [0.15, 0.2) is 11.5 Å². The molecular formula is C13H15NO4S. The number of aliphatic hydroxyl groups excluding tert-OH is 1. The van der Waals surface area contributed by atoms with Crippen molar-refractivity contribution in [3.05, 3.63) is 27.2 Å². The van der Waals surface area contributed by atoms with Gasteiger partial charge in [0.25, 0.3) is 0 Å². The summed E-state index contributed by atoms with van der Waals surface area (Å²) in [6.45, 7) is 4.36. The van der Waals surface area contributed by atoms with Crippen LogP contribution in [0.3, 0.4) is 0 Å². The van der Waals surface area contributed by atoms with Crippen molar-refractivity contribution in [2.45, 2.75) is 13.0 Å². The second kappa shape index (κ2) is 4.96. The number of nitrogens with zero attached hydrogens (tertiary/aromatic N) is 1. The second-order valence-electron chi connectivity index (χ2n) is 4.57. The van der Waals surface area contributed by atoms with Gasteiger partial charge in [-0.05, 0) is 6.92 Å². The van der Waals surface area contributed by atoms with Crippen LogP contribution in [0.2, 0.25) is 0 Å². The molecule has 1 saturated heterocycles. The molecule has 0 aromatic carbocycles. The van der Waals surface area contributed by atoms with Crippen molar-refractivity contribution in [1.82, 2.24) is 0 Å². The van der Waals surface area contributed by atoms with Crippen molar-refractivity contribution < 1.29 is 14.3 Å². The van der Waals surface area contributed by atoms with Gasteiger partial charge in [-0.2, -0.15) is 0 Å². The maximum absolute atomic E-state index is 12.1. The van der Waals surface area contributed by atoms with Gasteiger partial charge in [-0.1, -0.05) is 0 Å². The number of ether oxygens (including phenoxy) is 1. The van der Waals surface area contributed by atoms with E-state index in [2.05, 4.69) is 0 Å². The van der Waals surface area contributed by atoms with E-state index >= 15 is 0 Å². The van der Waals surface area contributed by atoms with Gasteiger partial charge in [0.05, 0.1) is 19.3 Å². The standard InChI is InChI=1S/C13H15NO4S/c1-8(15)9-7-19-13-10(16)6-11(18-12(9)13)14-2-4-17-5-3-14/h6-8,15H,2-5H2,1H3. The van der Waals surface area contributed by atoms with Crippen LogP contribution in [0.4, 0.5) is 5.88 Å². The lowest BCUT2D eigenvalue weighted by molar-refractivity contribution is 0.120. The summed E-state index contributed by atoms with van der Waals surface area (Å²) in [6, 6.07) is 1.52. The molecule has 1 N–H and O–H groups in total. The molecule has 3 heterocycles. The summed E-state index contributed by atoms with van der Waals surface area (Å²) in [5.41, 5.74) is 1.13. The van der Waals surface area contributed by atoms with E-state index in [-0.39, 0.29) is 5.43 Å². The molecule has 6 heteroatoms. The predicted octanol–water partition coefficient (Wildman–Crippen LogP) is 1.74. The third-order valence-corrected chi connectivity index (χ3v) is 4.22. The molecule has 1 unspecified atom stereocenters. The zero-order valence-electron chi connectivity index (χ0n) is 10.6. The highest BCUT2D eigenvalue weighted by molar-refractivity contribution is 7.17. The lowest BCUT2D eigenvalue weighted by Gasteiger charge is -2.27. The largest absolute Gasteiger partial charge is 0.439 e.